The molecule has 0 saturated carbocycles. The van der Waals surface area contributed by atoms with E-state index in [0.29, 0.717) is 12.1 Å². The summed E-state index contributed by atoms with van der Waals surface area (Å²) in [7, 11) is 2.18. The second kappa shape index (κ2) is 11.6. The first-order chi connectivity index (χ1) is 16.2. The summed E-state index contributed by atoms with van der Waals surface area (Å²) < 4.78 is 5.95. The average molecular weight is 444 g/mol. The highest BCUT2D eigenvalue weighted by molar-refractivity contribution is 5.94. The first-order valence-corrected chi connectivity index (χ1v) is 11.7. The number of ether oxygens (including phenoxy) is 1. The van der Waals surface area contributed by atoms with Gasteiger partial charge in [-0.15, -0.1) is 0 Å². The van der Waals surface area contributed by atoms with Crippen molar-refractivity contribution in [1.29, 1.82) is 0 Å². The lowest BCUT2D eigenvalue weighted by molar-refractivity contribution is 0.0954. The van der Waals surface area contributed by atoms with Crippen LogP contribution in [0.25, 0.3) is 11.1 Å². The van der Waals surface area contributed by atoms with Crippen molar-refractivity contribution in [3.05, 3.63) is 90.0 Å². The van der Waals surface area contributed by atoms with Crippen molar-refractivity contribution in [2.24, 2.45) is 0 Å². The van der Waals surface area contributed by atoms with Crippen LogP contribution < -0.4 is 10.1 Å². The summed E-state index contributed by atoms with van der Waals surface area (Å²) in [5, 5.41) is 2.98. The molecule has 33 heavy (non-hydrogen) atoms. The zero-order valence-electron chi connectivity index (χ0n) is 19.4. The molecule has 1 saturated heterocycles. The normalized spacial score (nSPS) is 14.7. The Morgan fingerprint density at radius 2 is 1.48 bits per heavy atom. The highest BCUT2D eigenvalue weighted by Gasteiger charge is 2.13. The van der Waals surface area contributed by atoms with Gasteiger partial charge in [0.1, 0.15) is 12.4 Å². The molecule has 0 bridgehead atoms. The Balaban J connectivity index is 1.21. The number of rotatable bonds is 9. The van der Waals surface area contributed by atoms with Crippen molar-refractivity contribution in [3.8, 4) is 16.9 Å². The zero-order valence-corrected chi connectivity index (χ0v) is 19.4. The van der Waals surface area contributed by atoms with E-state index in [0.717, 1.165) is 51.5 Å². The predicted octanol–water partition coefficient (Wildman–Crippen LogP) is 3.95. The number of benzene rings is 3. The molecule has 1 amide bonds. The van der Waals surface area contributed by atoms with Gasteiger partial charge in [0.05, 0.1) is 0 Å². The molecule has 3 aromatic rings. The molecule has 1 heterocycles. The topological polar surface area (TPSA) is 44.8 Å². The van der Waals surface area contributed by atoms with Gasteiger partial charge in [-0.05, 0) is 54.4 Å². The summed E-state index contributed by atoms with van der Waals surface area (Å²) in [6.07, 6.45) is 0.805. The van der Waals surface area contributed by atoms with E-state index >= 15 is 0 Å². The van der Waals surface area contributed by atoms with Crippen molar-refractivity contribution >= 4 is 5.91 Å². The van der Waals surface area contributed by atoms with Crippen molar-refractivity contribution < 1.29 is 9.53 Å². The molecular weight excluding hydrogens is 410 g/mol. The van der Waals surface area contributed by atoms with E-state index in [1.54, 1.807) is 0 Å². The average Bonchev–Trinajstić information content (AvgIpc) is 2.87. The second-order valence-corrected chi connectivity index (χ2v) is 8.59. The van der Waals surface area contributed by atoms with Gasteiger partial charge in [-0.1, -0.05) is 54.6 Å². The van der Waals surface area contributed by atoms with Crippen LogP contribution >= 0.6 is 0 Å². The maximum absolute atomic E-state index is 12.1. The van der Waals surface area contributed by atoms with Crippen LogP contribution in [0.15, 0.2) is 78.9 Å². The Kier molecular flexibility index (Phi) is 8.12. The minimum Gasteiger partial charge on any atom is -0.492 e. The number of nitrogens with zero attached hydrogens (tertiary/aromatic N) is 2. The molecule has 1 aliphatic heterocycles. The molecule has 4 rings (SSSR count). The van der Waals surface area contributed by atoms with E-state index in [4.69, 9.17) is 4.74 Å². The molecular formula is C28H33N3O2. The van der Waals surface area contributed by atoms with Crippen molar-refractivity contribution in [2.45, 2.75) is 6.42 Å². The van der Waals surface area contributed by atoms with Gasteiger partial charge in [0.2, 0.25) is 0 Å². The van der Waals surface area contributed by atoms with Gasteiger partial charge in [0.15, 0.2) is 0 Å². The number of carbonyl (C=O) groups is 1. The predicted molar refractivity (Wildman–Crippen MR) is 134 cm³/mol. The number of carbonyl (C=O) groups excluding carboxylic acids is 1. The lowest BCUT2D eigenvalue weighted by Crippen LogP contribution is -2.45. The van der Waals surface area contributed by atoms with Gasteiger partial charge in [0, 0.05) is 44.8 Å². The van der Waals surface area contributed by atoms with Crippen LogP contribution in [0.2, 0.25) is 0 Å². The van der Waals surface area contributed by atoms with Gasteiger partial charge in [-0.3, -0.25) is 9.69 Å². The Morgan fingerprint density at radius 1 is 0.848 bits per heavy atom. The van der Waals surface area contributed by atoms with E-state index in [1.807, 2.05) is 42.5 Å². The third-order valence-corrected chi connectivity index (χ3v) is 6.15. The lowest BCUT2D eigenvalue weighted by Gasteiger charge is -2.32. The van der Waals surface area contributed by atoms with E-state index in [9.17, 15) is 4.79 Å². The van der Waals surface area contributed by atoms with E-state index in [1.165, 1.54) is 16.7 Å². The third kappa shape index (κ3) is 6.91. The van der Waals surface area contributed by atoms with Gasteiger partial charge < -0.3 is 15.0 Å². The van der Waals surface area contributed by atoms with Gasteiger partial charge in [0.25, 0.3) is 5.91 Å². The van der Waals surface area contributed by atoms with E-state index in [-0.39, 0.29) is 5.91 Å². The number of likely N-dealkylation sites (N-methyl/N-ethyl adjacent to an activating group) is 1. The van der Waals surface area contributed by atoms with Crippen LogP contribution in [0.4, 0.5) is 0 Å². The molecule has 0 radical (unpaired) electrons. The van der Waals surface area contributed by atoms with Crippen LogP contribution in [0.1, 0.15) is 15.9 Å². The number of piperazine rings is 1. The summed E-state index contributed by atoms with van der Waals surface area (Å²) in [6, 6.07) is 26.2. The van der Waals surface area contributed by atoms with Crippen LogP contribution in [-0.4, -0.2) is 68.6 Å². The Bertz CT molecular complexity index is 996. The van der Waals surface area contributed by atoms with Crippen molar-refractivity contribution in [2.75, 3.05) is 52.9 Å². The number of hydrogen-bond donors (Lipinski definition) is 1. The molecule has 0 aliphatic carbocycles. The van der Waals surface area contributed by atoms with E-state index < -0.39 is 0 Å². The molecule has 0 spiro atoms. The molecule has 0 unspecified atom stereocenters. The zero-order chi connectivity index (χ0) is 22.9. The standard InChI is InChI=1S/C28H33N3O2/c1-30-17-19-31(20-18-30)21-22-33-27-13-11-25(12-14-27)24-9-7-23(8-10-24)15-16-29-28(32)26-5-3-2-4-6-26/h2-14H,15-22H2,1H3,(H,29,32). The highest BCUT2D eigenvalue weighted by atomic mass is 16.5. The quantitative estimate of drug-likeness (QED) is 0.544. The maximum Gasteiger partial charge on any atom is 0.251 e. The molecule has 1 N–H and O–H groups in total. The third-order valence-electron chi connectivity index (χ3n) is 6.15. The fraction of sp³-hybridized carbons (Fsp3) is 0.321. The molecule has 5 nitrogen and oxygen atoms in total. The minimum atomic E-state index is -0.0296. The molecule has 1 aliphatic rings. The first-order valence-electron chi connectivity index (χ1n) is 11.7. The number of amides is 1. The van der Waals surface area contributed by atoms with Crippen molar-refractivity contribution in [3.63, 3.8) is 0 Å². The van der Waals surface area contributed by atoms with Crippen LogP contribution in [-0.2, 0) is 6.42 Å². The van der Waals surface area contributed by atoms with Gasteiger partial charge in [-0.25, -0.2) is 0 Å². The van der Waals surface area contributed by atoms with Crippen LogP contribution in [0, 0.1) is 0 Å². The maximum atomic E-state index is 12.1. The van der Waals surface area contributed by atoms with Gasteiger partial charge in [-0.2, -0.15) is 0 Å². The molecule has 3 aromatic carbocycles. The largest absolute Gasteiger partial charge is 0.492 e. The Labute approximate surface area is 197 Å². The SMILES string of the molecule is CN1CCN(CCOc2ccc(-c3ccc(CCNC(=O)c4ccccc4)cc3)cc2)CC1. The fourth-order valence-corrected chi connectivity index (χ4v) is 3.98. The highest BCUT2D eigenvalue weighted by Crippen LogP contribution is 2.23. The summed E-state index contributed by atoms with van der Waals surface area (Å²) in [5.74, 6) is 0.886. The summed E-state index contributed by atoms with van der Waals surface area (Å²) in [5.41, 5.74) is 4.25. The molecule has 5 heteroatoms. The molecule has 1 fully saturated rings. The second-order valence-electron chi connectivity index (χ2n) is 8.59. The molecule has 172 valence electrons. The van der Waals surface area contributed by atoms with Crippen LogP contribution in [0.3, 0.4) is 0 Å². The van der Waals surface area contributed by atoms with E-state index in [2.05, 4.69) is 58.6 Å². The number of nitrogens with one attached hydrogen (secondary N) is 1. The summed E-state index contributed by atoms with van der Waals surface area (Å²) in [6.45, 7) is 6.82. The lowest BCUT2D eigenvalue weighted by atomic mass is 10.0. The van der Waals surface area contributed by atoms with Gasteiger partial charge >= 0.3 is 0 Å². The first kappa shape index (κ1) is 23.0. The Morgan fingerprint density at radius 3 is 2.15 bits per heavy atom. The smallest absolute Gasteiger partial charge is 0.251 e. The molecule has 0 atom stereocenters. The van der Waals surface area contributed by atoms with Crippen molar-refractivity contribution in [1.82, 2.24) is 15.1 Å². The summed E-state index contributed by atoms with van der Waals surface area (Å²) in [4.78, 5) is 17.0. The fourth-order valence-electron chi connectivity index (χ4n) is 3.98. The number of hydrogen-bond acceptors (Lipinski definition) is 4. The Hall–Kier alpha value is -3.15. The summed E-state index contributed by atoms with van der Waals surface area (Å²) >= 11 is 0. The minimum absolute atomic E-state index is 0.0296. The monoisotopic (exact) mass is 443 g/mol. The molecule has 0 aromatic heterocycles. The van der Waals surface area contributed by atoms with Crippen LogP contribution in [0.5, 0.6) is 5.75 Å².